The Morgan fingerprint density at radius 1 is 0.881 bits per heavy atom. The molecule has 42 heavy (non-hydrogen) atoms. The number of esters is 2. The van der Waals surface area contributed by atoms with Gasteiger partial charge >= 0.3 is 19.5 Å². The average Bonchev–Trinajstić information content (AvgIpc) is 2.85. The van der Waals surface area contributed by atoms with Crippen LogP contribution in [-0.2, 0) is 30.0 Å². The Bertz CT molecular complexity index is 1280. The summed E-state index contributed by atoms with van der Waals surface area (Å²) in [5.41, 5.74) is 2.61. The zero-order chi connectivity index (χ0) is 32.3. The van der Waals surface area contributed by atoms with E-state index < -0.39 is 48.9 Å². The summed E-state index contributed by atoms with van der Waals surface area (Å²) < 4.78 is 29.6. The predicted molar refractivity (Wildman–Crippen MR) is 162 cm³/mol. The lowest BCUT2D eigenvalue weighted by atomic mass is 9.91. The number of aryl methyl sites for hydroxylation is 2. The van der Waals surface area contributed by atoms with Crippen LogP contribution in [0.15, 0.2) is 30.3 Å². The second-order valence-electron chi connectivity index (χ2n) is 13.2. The average molecular weight is 607 g/mol. The summed E-state index contributed by atoms with van der Waals surface area (Å²) in [5, 5.41) is 7.85. The standard InChI is InChI=1S/C32H47O9P/c1-11-20(2)26-17-23(12-13-27(26)33)16-25-21(3)14-24(15-22(25)4)41-32(42(36,37)38,18-39-28(34)30(5,6)7)19-40-29(35)31(8,9)10/h12-15,17,20,33H,11,16,18-19H2,1-10H3,(H2,36,37,38). The van der Waals surface area contributed by atoms with Gasteiger partial charge in [-0.3, -0.25) is 14.2 Å². The number of hydrogen-bond acceptors (Lipinski definition) is 7. The minimum absolute atomic E-state index is 0.127. The second kappa shape index (κ2) is 13.2. The zero-order valence-electron chi connectivity index (χ0n) is 26.5. The van der Waals surface area contributed by atoms with E-state index >= 15 is 0 Å². The molecule has 0 fully saturated rings. The number of aromatic hydroxyl groups is 1. The van der Waals surface area contributed by atoms with Gasteiger partial charge in [-0.15, -0.1) is 0 Å². The number of carbonyl (C=O) groups excluding carboxylic acids is 2. The van der Waals surface area contributed by atoms with Gasteiger partial charge in [-0.1, -0.05) is 26.0 Å². The van der Waals surface area contributed by atoms with Crippen LogP contribution < -0.4 is 4.74 Å². The maximum Gasteiger partial charge on any atom is 0.376 e. The highest BCUT2D eigenvalue weighted by Crippen LogP contribution is 2.52. The summed E-state index contributed by atoms with van der Waals surface area (Å²) >= 11 is 0. The van der Waals surface area contributed by atoms with Crippen molar-refractivity contribution in [3.8, 4) is 11.5 Å². The van der Waals surface area contributed by atoms with E-state index in [0.717, 1.165) is 34.2 Å². The first-order chi connectivity index (χ1) is 19.1. The van der Waals surface area contributed by atoms with Crippen molar-refractivity contribution in [2.24, 2.45) is 10.8 Å². The molecule has 1 atom stereocenters. The van der Waals surface area contributed by atoms with Gasteiger partial charge in [0, 0.05) is 0 Å². The van der Waals surface area contributed by atoms with Crippen LogP contribution in [0.2, 0.25) is 0 Å². The number of benzene rings is 2. The van der Waals surface area contributed by atoms with Crippen molar-refractivity contribution in [1.82, 2.24) is 0 Å². The first-order valence-electron chi connectivity index (χ1n) is 14.1. The quantitative estimate of drug-likeness (QED) is 0.192. The van der Waals surface area contributed by atoms with Crippen molar-refractivity contribution in [3.63, 3.8) is 0 Å². The normalized spacial score (nSPS) is 13.4. The molecule has 0 bridgehead atoms. The summed E-state index contributed by atoms with van der Waals surface area (Å²) in [7, 11) is -5.21. The Hall–Kier alpha value is -2.87. The maximum absolute atomic E-state index is 13.0. The third-order valence-electron chi connectivity index (χ3n) is 7.21. The number of ether oxygens (including phenoxy) is 3. The third kappa shape index (κ3) is 8.82. The molecule has 1 unspecified atom stereocenters. The molecule has 3 N–H and O–H groups in total. The maximum atomic E-state index is 13.0. The van der Waals surface area contributed by atoms with Gasteiger partial charge in [0.2, 0.25) is 0 Å². The van der Waals surface area contributed by atoms with Crippen molar-refractivity contribution in [1.29, 1.82) is 0 Å². The molecule has 0 heterocycles. The van der Waals surface area contributed by atoms with E-state index in [1.54, 1.807) is 59.7 Å². The molecule has 0 saturated heterocycles. The molecule has 2 rings (SSSR count). The van der Waals surface area contributed by atoms with Crippen molar-refractivity contribution in [2.45, 2.75) is 93.3 Å². The highest BCUT2D eigenvalue weighted by molar-refractivity contribution is 7.53. The van der Waals surface area contributed by atoms with Crippen LogP contribution >= 0.6 is 7.60 Å². The van der Waals surface area contributed by atoms with E-state index in [2.05, 4.69) is 13.8 Å². The van der Waals surface area contributed by atoms with Crippen molar-refractivity contribution in [3.05, 3.63) is 58.1 Å². The molecule has 0 amide bonds. The molecule has 9 nitrogen and oxygen atoms in total. The zero-order valence-corrected chi connectivity index (χ0v) is 27.4. The van der Waals surface area contributed by atoms with Crippen LogP contribution in [0, 0.1) is 24.7 Å². The molecule has 10 heteroatoms. The van der Waals surface area contributed by atoms with Crippen LogP contribution in [0.25, 0.3) is 0 Å². The lowest BCUT2D eigenvalue weighted by Gasteiger charge is -2.35. The van der Waals surface area contributed by atoms with Crippen LogP contribution in [0.1, 0.15) is 95.5 Å². The molecular weight excluding hydrogens is 559 g/mol. The number of phenolic OH excluding ortho intramolecular Hbond substituents is 1. The third-order valence-corrected chi connectivity index (χ3v) is 8.62. The van der Waals surface area contributed by atoms with E-state index in [9.17, 15) is 29.0 Å². The van der Waals surface area contributed by atoms with E-state index in [4.69, 9.17) is 14.2 Å². The number of hydrogen-bond donors (Lipinski definition) is 3. The van der Waals surface area contributed by atoms with Crippen molar-refractivity contribution in [2.75, 3.05) is 13.2 Å². The summed E-state index contributed by atoms with van der Waals surface area (Å²) in [6.45, 7) is 15.9. The largest absolute Gasteiger partial charge is 0.508 e. The molecule has 0 aromatic heterocycles. The molecule has 2 aromatic rings. The fourth-order valence-electron chi connectivity index (χ4n) is 4.16. The van der Waals surface area contributed by atoms with Crippen molar-refractivity contribution < 1.29 is 43.3 Å². The van der Waals surface area contributed by atoms with Gasteiger partial charge in [-0.05, 0) is 120 Å². The lowest BCUT2D eigenvalue weighted by Crippen LogP contribution is -2.48. The molecule has 2 aromatic carbocycles. The van der Waals surface area contributed by atoms with E-state index in [1.165, 1.54) is 0 Å². The van der Waals surface area contributed by atoms with Crippen LogP contribution in [0.3, 0.4) is 0 Å². The van der Waals surface area contributed by atoms with E-state index in [1.807, 2.05) is 26.0 Å². The fraction of sp³-hybridized carbons (Fsp3) is 0.562. The summed E-state index contributed by atoms with van der Waals surface area (Å²) in [5.74, 6) is -0.803. The van der Waals surface area contributed by atoms with E-state index in [0.29, 0.717) is 6.42 Å². The highest BCUT2D eigenvalue weighted by atomic mass is 31.2. The molecule has 0 saturated carbocycles. The predicted octanol–water partition coefficient (Wildman–Crippen LogP) is 6.54. The molecule has 0 aliphatic heterocycles. The van der Waals surface area contributed by atoms with Gasteiger partial charge in [-0.25, -0.2) is 0 Å². The molecule has 0 spiro atoms. The summed E-state index contributed by atoms with van der Waals surface area (Å²) in [6.07, 6.45) is 1.45. The SMILES string of the molecule is CCC(C)c1cc(Cc2c(C)cc(OC(COC(=O)C(C)(C)C)(COC(=O)C(C)(C)C)P(=O)(O)O)cc2C)ccc1O. The molecule has 234 valence electrons. The minimum atomic E-state index is -5.21. The molecular formula is C32H47O9P. The van der Waals surface area contributed by atoms with Gasteiger partial charge in [-0.2, -0.15) is 0 Å². The topological polar surface area (TPSA) is 140 Å². The Morgan fingerprint density at radius 2 is 1.36 bits per heavy atom. The smallest absolute Gasteiger partial charge is 0.376 e. The van der Waals surface area contributed by atoms with Gasteiger partial charge in [0.15, 0.2) is 0 Å². The summed E-state index contributed by atoms with van der Waals surface area (Å²) in [6, 6.07) is 8.88. The molecule has 0 radical (unpaired) electrons. The monoisotopic (exact) mass is 606 g/mol. The van der Waals surface area contributed by atoms with Gasteiger partial charge in [0.1, 0.15) is 24.7 Å². The number of carbonyl (C=O) groups is 2. The second-order valence-corrected chi connectivity index (χ2v) is 15.1. The van der Waals surface area contributed by atoms with Crippen LogP contribution in [-0.4, -0.2) is 45.4 Å². The van der Waals surface area contributed by atoms with Gasteiger partial charge in [0.05, 0.1) is 10.8 Å². The molecule has 0 aliphatic carbocycles. The van der Waals surface area contributed by atoms with E-state index in [-0.39, 0.29) is 17.4 Å². The number of rotatable bonds is 11. The van der Waals surface area contributed by atoms with Gasteiger partial charge < -0.3 is 29.1 Å². The molecule has 0 aliphatic rings. The summed E-state index contributed by atoms with van der Waals surface area (Å²) in [4.78, 5) is 46.1. The Labute approximate surface area is 249 Å². The Balaban J connectivity index is 2.50. The van der Waals surface area contributed by atoms with Crippen molar-refractivity contribution >= 4 is 19.5 Å². The van der Waals surface area contributed by atoms with Crippen LogP contribution in [0.5, 0.6) is 11.5 Å². The fourth-order valence-corrected chi connectivity index (χ4v) is 4.85. The first kappa shape index (κ1) is 35.3. The van der Waals surface area contributed by atoms with Crippen LogP contribution in [0.4, 0.5) is 0 Å². The Kier molecular flexibility index (Phi) is 11.1. The minimum Gasteiger partial charge on any atom is -0.508 e. The first-order valence-corrected chi connectivity index (χ1v) is 15.7. The van der Waals surface area contributed by atoms with Gasteiger partial charge in [0.25, 0.3) is 5.34 Å². The highest BCUT2D eigenvalue weighted by Gasteiger charge is 2.53. The number of phenols is 1. The lowest BCUT2D eigenvalue weighted by molar-refractivity contribution is -0.164. The Morgan fingerprint density at radius 3 is 1.76 bits per heavy atom.